The fourth-order valence-corrected chi connectivity index (χ4v) is 1.86. The zero-order valence-corrected chi connectivity index (χ0v) is 10.3. The van der Waals surface area contributed by atoms with Crippen LogP contribution < -0.4 is 0 Å². The second-order valence-corrected chi connectivity index (χ2v) is 4.25. The van der Waals surface area contributed by atoms with Crippen LogP contribution in [0.4, 0.5) is 0 Å². The van der Waals surface area contributed by atoms with Crippen LogP contribution in [0.5, 0.6) is 0 Å². The van der Waals surface area contributed by atoms with E-state index in [1.165, 1.54) is 6.26 Å². The Bertz CT molecular complexity index is 541. The lowest BCUT2D eigenvalue weighted by Crippen LogP contribution is -2.18. The first-order valence-electron chi connectivity index (χ1n) is 5.59. The molecule has 5 nitrogen and oxygen atoms in total. The minimum Gasteiger partial charge on any atom is -0.475 e. The van der Waals surface area contributed by atoms with Gasteiger partial charge in [0.1, 0.15) is 5.76 Å². The van der Waals surface area contributed by atoms with Crippen molar-refractivity contribution >= 4 is 5.97 Å². The van der Waals surface area contributed by atoms with E-state index in [9.17, 15) is 4.79 Å². The maximum atomic E-state index is 10.9. The third-order valence-electron chi connectivity index (χ3n) is 2.79. The predicted molar refractivity (Wildman–Crippen MR) is 64.3 cm³/mol. The topological polar surface area (TPSA) is 66.8 Å². The highest BCUT2D eigenvalue weighted by Crippen LogP contribution is 2.16. The summed E-state index contributed by atoms with van der Waals surface area (Å²) in [5.41, 5.74) is 1.77. The van der Waals surface area contributed by atoms with Crippen molar-refractivity contribution in [1.29, 1.82) is 0 Å². The van der Waals surface area contributed by atoms with Gasteiger partial charge in [0.15, 0.2) is 0 Å². The summed E-state index contributed by atoms with van der Waals surface area (Å²) < 4.78 is 10.2. The standard InChI is InChI=1S/C13H15NO4/c1-9-10(3-5-17-9)7-14(2)8-11-4-6-18-12(11)13(15)16/h3-6H,7-8H2,1-2H3,(H,15,16). The van der Waals surface area contributed by atoms with E-state index in [-0.39, 0.29) is 5.76 Å². The third-order valence-corrected chi connectivity index (χ3v) is 2.79. The Balaban J connectivity index is 2.03. The molecular formula is C13H15NO4. The van der Waals surface area contributed by atoms with Crippen LogP contribution in [-0.2, 0) is 13.1 Å². The number of hydrogen-bond acceptors (Lipinski definition) is 4. The van der Waals surface area contributed by atoms with Crippen molar-refractivity contribution in [2.24, 2.45) is 0 Å². The third kappa shape index (κ3) is 2.62. The van der Waals surface area contributed by atoms with E-state index < -0.39 is 5.97 Å². The monoisotopic (exact) mass is 249 g/mol. The lowest BCUT2D eigenvalue weighted by atomic mass is 10.2. The zero-order valence-electron chi connectivity index (χ0n) is 10.3. The highest BCUT2D eigenvalue weighted by atomic mass is 16.4. The quantitative estimate of drug-likeness (QED) is 0.881. The second-order valence-electron chi connectivity index (χ2n) is 4.25. The number of carbonyl (C=O) groups is 1. The van der Waals surface area contributed by atoms with Gasteiger partial charge in [-0.25, -0.2) is 4.79 Å². The molecule has 0 unspecified atom stereocenters. The number of aryl methyl sites for hydroxylation is 1. The second kappa shape index (κ2) is 5.10. The first-order chi connectivity index (χ1) is 8.58. The molecule has 0 saturated heterocycles. The minimum absolute atomic E-state index is 0.00534. The molecule has 0 aliphatic rings. The summed E-state index contributed by atoms with van der Waals surface area (Å²) in [7, 11) is 1.92. The highest BCUT2D eigenvalue weighted by molar-refractivity contribution is 5.86. The molecule has 2 aromatic rings. The molecule has 0 radical (unpaired) electrons. The highest BCUT2D eigenvalue weighted by Gasteiger charge is 2.15. The minimum atomic E-state index is -1.04. The van der Waals surface area contributed by atoms with Gasteiger partial charge in [0.2, 0.25) is 5.76 Å². The molecule has 1 N–H and O–H groups in total. The number of aromatic carboxylic acids is 1. The Labute approximate surface area is 105 Å². The summed E-state index contributed by atoms with van der Waals surface area (Å²) in [5.74, 6) is -0.152. The number of furan rings is 2. The predicted octanol–water partition coefficient (Wildman–Crippen LogP) is 2.51. The van der Waals surface area contributed by atoms with Crippen LogP contribution in [-0.4, -0.2) is 23.0 Å². The molecule has 5 heteroatoms. The molecule has 0 saturated carbocycles. The molecule has 0 aliphatic heterocycles. The maximum Gasteiger partial charge on any atom is 0.372 e. The van der Waals surface area contributed by atoms with Crippen LogP contribution in [0, 0.1) is 6.92 Å². The SMILES string of the molecule is Cc1occc1CN(C)Cc1ccoc1C(=O)O. The van der Waals surface area contributed by atoms with Crippen molar-refractivity contribution in [3.05, 3.63) is 47.3 Å². The van der Waals surface area contributed by atoms with Crippen molar-refractivity contribution in [3.8, 4) is 0 Å². The van der Waals surface area contributed by atoms with E-state index in [1.54, 1.807) is 12.3 Å². The van der Waals surface area contributed by atoms with Crippen LogP contribution in [0.2, 0.25) is 0 Å². The lowest BCUT2D eigenvalue weighted by molar-refractivity contribution is 0.0659. The van der Waals surface area contributed by atoms with Gasteiger partial charge in [-0.2, -0.15) is 0 Å². The van der Waals surface area contributed by atoms with Crippen LogP contribution in [0.1, 0.15) is 27.4 Å². The molecule has 18 heavy (non-hydrogen) atoms. The number of carboxylic acid groups (broad SMARTS) is 1. The molecule has 0 fully saturated rings. The number of nitrogens with zero attached hydrogens (tertiary/aromatic N) is 1. The molecule has 0 atom stereocenters. The Morgan fingerprint density at radius 3 is 2.44 bits per heavy atom. The Hall–Kier alpha value is -2.01. The number of rotatable bonds is 5. The molecule has 2 heterocycles. The Morgan fingerprint density at radius 2 is 1.83 bits per heavy atom. The fourth-order valence-electron chi connectivity index (χ4n) is 1.86. The van der Waals surface area contributed by atoms with Crippen molar-refractivity contribution in [2.75, 3.05) is 7.05 Å². The van der Waals surface area contributed by atoms with Crippen molar-refractivity contribution in [3.63, 3.8) is 0 Å². The first kappa shape index (κ1) is 12.4. The number of hydrogen-bond donors (Lipinski definition) is 1. The molecule has 0 aliphatic carbocycles. The van der Waals surface area contributed by atoms with Crippen molar-refractivity contribution in [2.45, 2.75) is 20.0 Å². The molecule has 0 spiro atoms. The summed E-state index contributed by atoms with van der Waals surface area (Å²) >= 11 is 0. The van der Waals surface area contributed by atoms with Gasteiger partial charge in [0, 0.05) is 24.2 Å². The molecule has 2 rings (SSSR count). The van der Waals surface area contributed by atoms with Gasteiger partial charge in [0.05, 0.1) is 12.5 Å². The summed E-state index contributed by atoms with van der Waals surface area (Å²) in [6.45, 7) is 3.12. The van der Waals surface area contributed by atoms with Crippen LogP contribution in [0.15, 0.2) is 33.5 Å². The average Bonchev–Trinajstić information content (AvgIpc) is 2.89. The molecule has 96 valence electrons. The van der Waals surface area contributed by atoms with Gasteiger partial charge < -0.3 is 13.9 Å². The lowest BCUT2D eigenvalue weighted by Gasteiger charge is -2.15. The molecule has 0 amide bonds. The summed E-state index contributed by atoms with van der Waals surface area (Å²) in [5, 5.41) is 8.94. The smallest absolute Gasteiger partial charge is 0.372 e. The fraction of sp³-hybridized carbons (Fsp3) is 0.308. The van der Waals surface area contributed by atoms with Crippen molar-refractivity contribution in [1.82, 2.24) is 4.90 Å². The van der Waals surface area contributed by atoms with Gasteiger partial charge in [-0.15, -0.1) is 0 Å². The molecule has 0 aromatic carbocycles. The van der Waals surface area contributed by atoms with Crippen LogP contribution >= 0.6 is 0 Å². The van der Waals surface area contributed by atoms with E-state index >= 15 is 0 Å². The van der Waals surface area contributed by atoms with E-state index in [0.717, 1.165) is 11.3 Å². The Morgan fingerprint density at radius 1 is 1.22 bits per heavy atom. The van der Waals surface area contributed by atoms with Crippen molar-refractivity contribution < 1.29 is 18.7 Å². The molecular weight excluding hydrogens is 234 g/mol. The zero-order chi connectivity index (χ0) is 13.1. The van der Waals surface area contributed by atoms with Gasteiger partial charge in [0.25, 0.3) is 0 Å². The number of carboxylic acids is 1. The average molecular weight is 249 g/mol. The van der Waals surface area contributed by atoms with E-state index in [0.29, 0.717) is 18.7 Å². The summed E-state index contributed by atoms with van der Waals surface area (Å²) in [4.78, 5) is 12.9. The molecule has 0 bridgehead atoms. The van der Waals surface area contributed by atoms with Gasteiger partial charge in [-0.1, -0.05) is 0 Å². The normalized spacial score (nSPS) is 11.1. The van der Waals surface area contributed by atoms with E-state index in [2.05, 4.69) is 0 Å². The van der Waals surface area contributed by atoms with E-state index in [4.69, 9.17) is 13.9 Å². The van der Waals surface area contributed by atoms with Gasteiger partial charge in [-0.05, 0) is 26.1 Å². The largest absolute Gasteiger partial charge is 0.475 e. The molecule has 2 aromatic heterocycles. The summed E-state index contributed by atoms with van der Waals surface area (Å²) in [6, 6.07) is 3.60. The van der Waals surface area contributed by atoms with Gasteiger partial charge >= 0.3 is 5.97 Å². The Kier molecular flexibility index (Phi) is 3.53. The van der Waals surface area contributed by atoms with E-state index in [1.807, 2.05) is 24.9 Å². The van der Waals surface area contributed by atoms with Crippen LogP contribution in [0.3, 0.4) is 0 Å². The summed E-state index contributed by atoms with van der Waals surface area (Å²) in [6.07, 6.45) is 3.05. The van der Waals surface area contributed by atoms with Gasteiger partial charge in [-0.3, -0.25) is 4.90 Å². The maximum absolute atomic E-state index is 10.9. The first-order valence-corrected chi connectivity index (χ1v) is 5.59. The van der Waals surface area contributed by atoms with Crippen LogP contribution in [0.25, 0.3) is 0 Å².